The quantitative estimate of drug-likeness (QED) is 0.563. The lowest BCUT2D eigenvalue weighted by Gasteiger charge is -2.24. The van der Waals surface area contributed by atoms with Crippen LogP contribution in [0.4, 0.5) is 10.6 Å². The van der Waals surface area contributed by atoms with Crippen LogP contribution in [0.5, 0.6) is 0 Å². The summed E-state index contributed by atoms with van der Waals surface area (Å²) in [6.45, 7) is 6.54. The maximum atomic E-state index is 12.5. The number of imidazole rings is 1. The van der Waals surface area contributed by atoms with Gasteiger partial charge < -0.3 is 19.7 Å². The van der Waals surface area contributed by atoms with Gasteiger partial charge in [0.05, 0.1) is 30.5 Å². The molecular formula is C23H30N4O8S. The minimum Gasteiger partial charge on any atom is -0.443 e. The molecule has 36 heavy (non-hydrogen) atoms. The minimum absolute atomic E-state index is 0.00920. The van der Waals surface area contributed by atoms with Gasteiger partial charge in [-0.15, -0.1) is 0 Å². The number of carbonyl (C=O) groups is 1. The maximum Gasteiger partial charge on any atom is 0.415 e. The maximum absolute atomic E-state index is 12.5. The lowest BCUT2D eigenvalue weighted by Crippen LogP contribution is -2.37. The predicted octanol–water partition coefficient (Wildman–Crippen LogP) is 2.19. The Hall–Kier alpha value is -2.84. The fourth-order valence-corrected chi connectivity index (χ4v) is 4.72. The van der Waals surface area contributed by atoms with E-state index in [1.807, 2.05) is 6.92 Å². The number of hydrogen-bond donors (Lipinski definition) is 2. The highest BCUT2D eigenvalue weighted by atomic mass is 32.2. The summed E-state index contributed by atoms with van der Waals surface area (Å²) in [5.74, 6) is 0.250. The van der Waals surface area contributed by atoms with Crippen LogP contribution in [-0.2, 0) is 23.8 Å². The van der Waals surface area contributed by atoms with Crippen LogP contribution in [0.15, 0.2) is 40.5 Å². The molecule has 0 spiro atoms. The van der Waals surface area contributed by atoms with Crippen molar-refractivity contribution in [3.8, 4) is 0 Å². The molecule has 196 valence electrons. The van der Waals surface area contributed by atoms with Crippen molar-refractivity contribution < 1.29 is 37.1 Å². The standard InChI is InChI=1S/C23H30N4O8S/c1-14-5-7-15(8-6-14)36(31,32)33-11-18-16(28)9-19(34-18)27-13-24-20-17(29)10-26(12-25-21(20)27)22(30)35-23(2,3)4/h5-8,12-13,16-19,28-29H,9-11H2,1-4H3/t16-,17?,18-,19-/m1/s1. The smallest absolute Gasteiger partial charge is 0.415 e. The highest BCUT2D eigenvalue weighted by molar-refractivity contribution is 7.86. The summed E-state index contributed by atoms with van der Waals surface area (Å²) in [4.78, 5) is 22.1. The van der Waals surface area contributed by atoms with E-state index in [0.29, 0.717) is 0 Å². The summed E-state index contributed by atoms with van der Waals surface area (Å²) in [7, 11) is -4.03. The molecule has 0 saturated carbocycles. The molecule has 2 aliphatic rings. The van der Waals surface area contributed by atoms with Crippen molar-refractivity contribution >= 4 is 28.4 Å². The van der Waals surface area contributed by atoms with Crippen LogP contribution in [0.25, 0.3) is 0 Å². The second-order valence-electron chi connectivity index (χ2n) is 9.74. The van der Waals surface area contributed by atoms with E-state index >= 15 is 0 Å². The summed E-state index contributed by atoms with van der Waals surface area (Å²) in [5, 5.41) is 21.1. The average molecular weight is 523 g/mol. The number of benzene rings is 1. The Morgan fingerprint density at radius 2 is 1.92 bits per heavy atom. The summed E-state index contributed by atoms with van der Waals surface area (Å²) < 4.78 is 42.9. The number of hydrogen-bond acceptors (Lipinski definition) is 10. The molecule has 3 heterocycles. The van der Waals surface area contributed by atoms with E-state index in [0.717, 1.165) is 10.5 Å². The normalized spacial score (nSPS) is 24.4. The Balaban J connectivity index is 1.46. The Morgan fingerprint density at radius 3 is 2.58 bits per heavy atom. The Bertz CT molecular complexity index is 1240. The van der Waals surface area contributed by atoms with Gasteiger partial charge in [-0.2, -0.15) is 8.42 Å². The minimum atomic E-state index is -4.03. The first-order valence-corrected chi connectivity index (χ1v) is 12.8. The van der Waals surface area contributed by atoms with Crippen molar-refractivity contribution in [1.29, 1.82) is 0 Å². The topological polar surface area (TPSA) is 153 Å². The number of amides is 1. The van der Waals surface area contributed by atoms with Crippen LogP contribution < -0.4 is 0 Å². The fourth-order valence-electron chi connectivity index (χ4n) is 3.80. The summed E-state index contributed by atoms with van der Waals surface area (Å²) >= 11 is 0. The number of fused-ring (bicyclic) bond motifs is 1. The first-order chi connectivity index (χ1) is 16.8. The van der Waals surface area contributed by atoms with Crippen LogP contribution in [0.3, 0.4) is 0 Å². The summed E-state index contributed by atoms with van der Waals surface area (Å²) in [6, 6.07) is 6.22. The largest absolute Gasteiger partial charge is 0.443 e. The van der Waals surface area contributed by atoms with Crippen LogP contribution in [0.2, 0.25) is 0 Å². The third-order valence-electron chi connectivity index (χ3n) is 5.64. The number of carbonyl (C=O) groups excluding carboxylic acids is 1. The zero-order valence-electron chi connectivity index (χ0n) is 20.4. The van der Waals surface area contributed by atoms with Crippen molar-refractivity contribution in [1.82, 2.24) is 14.5 Å². The van der Waals surface area contributed by atoms with Crippen LogP contribution in [0.1, 0.15) is 50.8 Å². The molecule has 2 aromatic rings. The number of aliphatic imine (C=N–C) groups is 1. The second-order valence-corrected chi connectivity index (χ2v) is 11.4. The van der Waals surface area contributed by atoms with E-state index < -0.39 is 46.4 Å². The molecule has 1 fully saturated rings. The summed E-state index contributed by atoms with van der Waals surface area (Å²) in [6.07, 6.45) is -1.71. The molecule has 4 rings (SSSR count). The van der Waals surface area contributed by atoms with Gasteiger partial charge in [-0.25, -0.2) is 14.8 Å². The molecule has 0 radical (unpaired) electrons. The van der Waals surface area contributed by atoms with Crippen molar-refractivity contribution in [2.75, 3.05) is 13.2 Å². The number of ether oxygens (including phenoxy) is 2. The molecular weight excluding hydrogens is 492 g/mol. The molecule has 1 saturated heterocycles. The van der Waals surface area contributed by atoms with Gasteiger partial charge in [-0.05, 0) is 39.8 Å². The van der Waals surface area contributed by atoms with Gasteiger partial charge in [-0.3, -0.25) is 13.7 Å². The number of aromatic nitrogens is 2. The Kier molecular flexibility index (Phi) is 7.21. The number of rotatable bonds is 5. The SMILES string of the molecule is Cc1ccc(S(=O)(=O)OC[C@H]2O[C@@H](n3cnc4c3N=CN(C(=O)OC(C)(C)C)CC4O)C[C@H]2O)cc1. The zero-order chi connectivity index (χ0) is 26.3. The molecule has 0 bridgehead atoms. The average Bonchev–Trinajstić information content (AvgIpc) is 3.32. The van der Waals surface area contributed by atoms with Gasteiger partial charge in [0.1, 0.15) is 36.1 Å². The number of aliphatic hydroxyl groups is 2. The first-order valence-electron chi connectivity index (χ1n) is 11.4. The molecule has 1 unspecified atom stereocenters. The number of nitrogens with zero attached hydrogens (tertiary/aromatic N) is 4. The van der Waals surface area contributed by atoms with Crippen molar-refractivity contribution in [3.05, 3.63) is 41.9 Å². The van der Waals surface area contributed by atoms with E-state index in [1.54, 1.807) is 32.9 Å². The third-order valence-corrected chi connectivity index (χ3v) is 6.94. The van der Waals surface area contributed by atoms with E-state index in [4.69, 9.17) is 13.7 Å². The summed E-state index contributed by atoms with van der Waals surface area (Å²) in [5.41, 5.74) is 0.422. The van der Waals surface area contributed by atoms with Gasteiger partial charge in [0.25, 0.3) is 10.1 Å². The van der Waals surface area contributed by atoms with Crippen LogP contribution in [-0.4, -0.2) is 76.5 Å². The molecule has 2 N–H and O–H groups in total. The first kappa shape index (κ1) is 26.2. The zero-order valence-corrected chi connectivity index (χ0v) is 21.3. The molecule has 4 atom stereocenters. The monoisotopic (exact) mass is 522 g/mol. The molecule has 1 amide bonds. The van der Waals surface area contributed by atoms with Crippen molar-refractivity contribution in [2.24, 2.45) is 4.99 Å². The molecule has 13 heteroatoms. The van der Waals surface area contributed by atoms with Gasteiger partial charge >= 0.3 is 6.09 Å². The Labute approximate surface area is 209 Å². The molecule has 1 aromatic heterocycles. The lowest BCUT2D eigenvalue weighted by molar-refractivity contribution is -0.0377. The van der Waals surface area contributed by atoms with Crippen LogP contribution in [0, 0.1) is 6.92 Å². The molecule has 1 aromatic carbocycles. The highest BCUT2D eigenvalue weighted by Crippen LogP contribution is 2.36. The van der Waals surface area contributed by atoms with Gasteiger partial charge in [0, 0.05) is 6.42 Å². The van der Waals surface area contributed by atoms with Gasteiger partial charge in [-0.1, -0.05) is 17.7 Å². The van der Waals surface area contributed by atoms with E-state index in [-0.39, 0.29) is 36.0 Å². The van der Waals surface area contributed by atoms with Crippen molar-refractivity contribution in [2.45, 2.75) is 69.2 Å². The van der Waals surface area contributed by atoms with Crippen molar-refractivity contribution in [3.63, 3.8) is 0 Å². The highest BCUT2D eigenvalue weighted by Gasteiger charge is 2.38. The predicted molar refractivity (Wildman–Crippen MR) is 127 cm³/mol. The van der Waals surface area contributed by atoms with E-state index in [2.05, 4.69) is 9.98 Å². The van der Waals surface area contributed by atoms with E-state index in [9.17, 15) is 23.4 Å². The molecule has 0 aliphatic carbocycles. The molecule has 12 nitrogen and oxygen atoms in total. The second kappa shape index (κ2) is 9.90. The third kappa shape index (κ3) is 5.76. The van der Waals surface area contributed by atoms with Crippen LogP contribution >= 0.6 is 0 Å². The molecule has 2 aliphatic heterocycles. The number of aliphatic hydroxyl groups excluding tert-OH is 2. The lowest BCUT2D eigenvalue weighted by atomic mass is 10.2. The fraction of sp³-hybridized carbons (Fsp3) is 0.522. The number of aryl methyl sites for hydroxylation is 1. The number of β-amino-alcohol motifs (C(OH)–C–C–N with tert-alkyl or cyclic N) is 1. The van der Waals surface area contributed by atoms with Gasteiger partial charge in [0.15, 0.2) is 5.82 Å². The van der Waals surface area contributed by atoms with Gasteiger partial charge in [0.2, 0.25) is 0 Å². The van der Waals surface area contributed by atoms with E-state index in [1.165, 1.54) is 29.4 Å². The Morgan fingerprint density at radius 1 is 1.22 bits per heavy atom.